The maximum atomic E-state index is 12.0. The average molecular weight is 226 g/mol. The number of aromatic nitrogens is 2. The normalized spacial score (nSPS) is 14.9. The molecular weight excluding hydrogens is 212 g/mol. The highest BCUT2D eigenvalue weighted by molar-refractivity contribution is 5.97. The molecule has 1 heterocycles. The first-order valence-electron chi connectivity index (χ1n) is 5.88. The molecule has 3 nitrogen and oxygen atoms in total. The number of hydrogen-bond donors (Lipinski definition) is 0. The summed E-state index contributed by atoms with van der Waals surface area (Å²) in [7, 11) is 1.91. The lowest BCUT2D eigenvalue weighted by atomic mass is 10.2. The molecule has 17 heavy (non-hydrogen) atoms. The first-order valence-corrected chi connectivity index (χ1v) is 5.88. The Morgan fingerprint density at radius 1 is 1.29 bits per heavy atom. The Kier molecular flexibility index (Phi) is 2.32. The van der Waals surface area contributed by atoms with Gasteiger partial charge in [-0.15, -0.1) is 0 Å². The van der Waals surface area contributed by atoms with Gasteiger partial charge < -0.3 is 4.57 Å². The van der Waals surface area contributed by atoms with Crippen molar-refractivity contribution in [3.8, 4) is 11.3 Å². The van der Waals surface area contributed by atoms with Crippen molar-refractivity contribution in [1.29, 1.82) is 0 Å². The van der Waals surface area contributed by atoms with E-state index < -0.39 is 0 Å². The van der Waals surface area contributed by atoms with E-state index in [2.05, 4.69) is 4.98 Å². The first-order chi connectivity index (χ1) is 8.27. The number of Topliss-reactive ketones (excluding diaryl/α,β-unsaturated/α-hetero) is 1. The van der Waals surface area contributed by atoms with Crippen LogP contribution in [0.5, 0.6) is 0 Å². The van der Waals surface area contributed by atoms with Crippen LogP contribution < -0.4 is 0 Å². The summed E-state index contributed by atoms with van der Waals surface area (Å²) in [6, 6.07) is 10.0. The topological polar surface area (TPSA) is 34.9 Å². The first kappa shape index (κ1) is 10.3. The molecule has 1 fully saturated rings. The minimum Gasteiger partial charge on any atom is -0.325 e. The second-order valence-electron chi connectivity index (χ2n) is 4.53. The summed E-state index contributed by atoms with van der Waals surface area (Å²) < 4.78 is 1.90. The van der Waals surface area contributed by atoms with Gasteiger partial charge in [-0.05, 0) is 18.4 Å². The van der Waals surface area contributed by atoms with E-state index in [1.165, 1.54) is 0 Å². The third-order valence-corrected chi connectivity index (χ3v) is 3.23. The van der Waals surface area contributed by atoms with Crippen molar-refractivity contribution < 1.29 is 4.79 Å². The molecule has 86 valence electrons. The van der Waals surface area contributed by atoms with Crippen LogP contribution in [-0.4, -0.2) is 15.3 Å². The number of rotatable bonds is 3. The van der Waals surface area contributed by atoms with Crippen LogP contribution in [0.15, 0.2) is 36.5 Å². The van der Waals surface area contributed by atoms with Crippen LogP contribution in [0, 0.1) is 5.92 Å². The molecule has 3 heteroatoms. The van der Waals surface area contributed by atoms with Gasteiger partial charge in [0.05, 0.1) is 11.9 Å². The smallest absolute Gasteiger partial charge is 0.201 e. The largest absolute Gasteiger partial charge is 0.325 e. The van der Waals surface area contributed by atoms with Gasteiger partial charge in [0.15, 0.2) is 5.82 Å². The molecule has 1 aromatic carbocycles. The fourth-order valence-electron chi connectivity index (χ4n) is 2.04. The average Bonchev–Trinajstić information content (AvgIpc) is 3.13. The molecule has 0 atom stereocenters. The molecule has 0 N–H and O–H groups in total. The highest BCUT2D eigenvalue weighted by atomic mass is 16.1. The Bertz CT molecular complexity index is 553. The molecule has 0 spiro atoms. The predicted octanol–water partition coefficient (Wildman–Crippen LogP) is 2.68. The van der Waals surface area contributed by atoms with Crippen molar-refractivity contribution in [2.75, 3.05) is 0 Å². The summed E-state index contributed by atoms with van der Waals surface area (Å²) in [4.78, 5) is 16.3. The zero-order valence-corrected chi connectivity index (χ0v) is 9.76. The number of benzene rings is 1. The molecule has 1 aliphatic rings. The van der Waals surface area contributed by atoms with Crippen molar-refractivity contribution in [2.45, 2.75) is 12.8 Å². The number of carbonyl (C=O) groups is 1. The highest BCUT2D eigenvalue weighted by Gasteiger charge is 2.33. The second kappa shape index (κ2) is 3.84. The molecule has 1 saturated carbocycles. The van der Waals surface area contributed by atoms with E-state index in [0.717, 1.165) is 24.1 Å². The van der Waals surface area contributed by atoms with Crippen molar-refractivity contribution in [2.24, 2.45) is 13.0 Å². The number of imidazole rings is 1. The fraction of sp³-hybridized carbons (Fsp3) is 0.286. The molecule has 0 aliphatic heterocycles. The monoisotopic (exact) mass is 226 g/mol. The Balaban J connectivity index is 2.00. The molecule has 0 radical (unpaired) electrons. The molecule has 1 aromatic heterocycles. The van der Waals surface area contributed by atoms with E-state index >= 15 is 0 Å². The SMILES string of the molecule is Cn1c(-c2ccccc2)cnc1C(=O)C1CC1. The van der Waals surface area contributed by atoms with Crippen LogP contribution in [0.2, 0.25) is 0 Å². The molecule has 0 bridgehead atoms. The van der Waals surface area contributed by atoms with E-state index in [4.69, 9.17) is 0 Å². The molecule has 3 rings (SSSR count). The highest BCUT2D eigenvalue weighted by Crippen LogP contribution is 2.33. The second-order valence-corrected chi connectivity index (χ2v) is 4.53. The van der Waals surface area contributed by atoms with E-state index in [0.29, 0.717) is 5.82 Å². The molecule has 0 unspecified atom stereocenters. The summed E-state index contributed by atoms with van der Waals surface area (Å²) in [6.07, 6.45) is 3.82. The van der Waals surface area contributed by atoms with E-state index in [9.17, 15) is 4.79 Å². The molecule has 0 amide bonds. The zero-order valence-electron chi connectivity index (χ0n) is 9.76. The van der Waals surface area contributed by atoms with Crippen molar-refractivity contribution in [3.63, 3.8) is 0 Å². The summed E-state index contributed by atoms with van der Waals surface area (Å²) in [5.41, 5.74) is 2.09. The quantitative estimate of drug-likeness (QED) is 0.754. The number of carbonyl (C=O) groups excluding carboxylic acids is 1. The Morgan fingerprint density at radius 2 is 2.00 bits per heavy atom. The summed E-state index contributed by atoms with van der Waals surface area (Å²) in [5.74, 6) is 1.00. The predicted molar refractivity (Wildman–Crippen MR) is 65.7 cm³/mol. The van der Waals surface area contributed by atoms with E-state index in [1.54, 1.807) is 6.20 Å². The van der Waals surface area contributed by atoms with Crippen LogP contribution in [0.1, 0.15) is 23.5 Å². The third-order valence-electron chi connectivity index (χ3n) is 3.23. The summed E-state index contributed by atoms with van der Waals surface area (Å²) >= 11 is 0. The Morgan fingerprint density at radius 3 is 2.65 bits per heavy atom. The molecular formula is C14H14N2O. The van der Waals surface area contributed by atoms with Crippen LogP contribution in [0.4, 0.5) is 0 Å². The summed E-state index contributed by atoms with van der Waals surface area (Å²) in [6.45, 7) is 0. The number of nitrogens with zero attached hydrogens (tertiary/aromatic N) is 2. The van der Waals surface area contributed by atoms with E-state index in [1.807, 2.05) is 41.9 Å². The van der Waals surface area contributed by atoms with Crippen molar-refractivity contribution in [1.82, 2.24) is 9.55 Å². The standard InChI is InChI=1S/C14H14N2O/c1-16-12(10-5-3-2-4-6-10)9-15-14(16)13(17)11-7-8-11/h2-6,9,11H,7-8H2,1H3. The summed E-state index contributed by atoms with van der Waals surface area (Å²) in [5, 5.41) is 0. The fourth-order valence-corrected chi connectivity index (χ4v) is 2.04. The molecule has 2 aromatic rings. The Labute approximate surface area is 100 Å². The van der Waals surface area contributed by atoms with Crippen LogP contribution in [-0.2, 0) is 7.05 Å². The van der Waals surface area contributed by atoms with Gasteiger partial charge in [-0.25, -0.2) is 4.98 Å². The van der Waals surface area contributed by atoms with Crippen LogP contribution in [0.25, 0.3) is 11.3 Å². The van der Waals surface area contributed by atoms with Gasteiger partial charge in [0.1, 0.15) is 0 Å². The van der Waals surface area contributed by atoms with E-state index in [-0.39, 0.29) is 11.7 Å². The van der Waals surface area contributed by atoms with Gasteiger partial charge in [0.2, 0.25) is 5.78 Å². The lowest BCUT2D eigenvalue weighted by Gasteiger charge is -2.04. The van der Waals surface area contributed by atoms with Crippen molar-refractivity contribution >= 4 is 5.78 Å². The lowest BCUT2D eigenvalue weighted by Crippen LogP contribution is -2.09. The van der Waals surface area contributed by atoms with Gasteiger partial charge in [-0.2, -0.15) is 0 Å². The minimum absolute atomic E-state index is 0.190. The molecule has 1 aliphatic carbocycles. The minimum atomic E-state index is 0.190. The maximum absolute atomic E-state index is 12.0. The van der Waals surface area contributed by atoms with Gasteiger partial charge in [-0.1, -0.05) is 30.3 Å². The zero-order chi connectivity index (χ0) is 11.8. The van der Waals surface area contributed by atoms with Gasteiger partial charge in [-0.3, -0.25) is 4.79 Å². The van der Waals surface area contributed by atoms with Crippen molar-refractivity contribution in [3.05, 3.63) is 42.4 Å². The number of hydrogen-bond acceptors (Lipinski definition) is 2. The Hall–Kier alpha value is -1.90. The van der Waals surface area contributed by atoms with Crippen LogP contribution >= 0.6 is 0 Å². The lowest BCUT2D eigenvalue weighted by molar-refractivity contribution is 0.0954. The molecule has 0 saturated heterocycles. The number of ketones is 1. The van der Waals surface area contributed by atoms with Gasteiger partial charge in [0.25, 0.3) is 0 Å². The maximum Gasteiger partial charge on any atom is 0.201 e. The van der Waals surface area contributed by atoms with Gasteiger partial charge in [0, 0.05) is 13.0 Å². The van der Waals surface area contributed by atoms with Gasteiger partial charge >= 0.3 is 0 Å². The third kappa shape index (κ3) is 1.78. The van der Waals surface area contributed by atoms with Crippen LogP contribution in [0.3, 0.4) is 0 Å².